The van der Waals surface area contributed by atoms with Crippen molar-refractivity contribution >= 4 is 147 Å². The average Bonchev–Trinajstić information content (AvgIpc) is 1.58. The zero-order valence-corrected chi connectivity index (χ0v) is 62.0. The Morgan fingerprint density at radius 3 is 1.21 bits per heavy atom. The van der Waals surface area contributed by atoms with Crippen molar-refractivity contribution in [3.8, 4) is 72.7 Å². The van der Waals surface area contributed by atoms with Gasteiger partial charge in [-0.2, -0.15) is 0 Å². The van der Waals surface area contributed by atoms with Crippen LogP contribution in [0.1, 0.15) is 23.7 Å². The molecule has 2 heterocycles. The predicted molar refractivity (Wildman–Crippen MR) is 378 cm³/mol. The maximum absolute atomic E-state index is 15.7. The summed E-state index contributed by atoms with van der Waals surface area (Å²) in [5.41, 5.74) is 15.3. The number of aromatic nitrogens is 2. The molecule has 0 spiro atoms. The summed E-state index contributed by atoms with van der Waals surface area (Å²) in [7, 11) is -4.15. The number of aromatic amines is 1. The number of fused-ring (bicyclic) bond motifs is 4. The van der Waals surface area contributed by atoms with Crippen molar-refractivity contribution < 1.29 is 89.7 Å². The van der Waals surface area contributed by atoms with Gasteiger partial charge in [-0.3, -0.25) is 4.39 Å². The van der Waals surface area contributed by atoms with Crippen LogP contribution in [0, 0.1) is 17.5 Å². The van der Waals surface area contributed by atoms with Crippen molar-refractivity contribution in [1.82, 2.24) is 9.55 Å². The molecule has 0 saturated carbocycles. The molecule has 1 unspecified atom stereocenters. The van der Waals surface area contributed by atoms with Crippen LogP contribution < -0.4 is 61.5 Å². The van der Waals surface area contributed by atoms with Gasteiger partial charge in [0.15, 0.2) is 0 Å². The Morgan fingerprint density at radius 2 is 0.783 bits per heavy atom. The van der Waals surface area contributed by atoms with Crippen molar-refractivity contribution in [1.29, 1.82) is 0 Å². The van der Waals surface area contributed by atoms with E-state index in [0.717, 1.165) is 61.1 Å². The molecule has 2 aromatic heterocycles. The number of H-pyrrole nitrogens is 1. The second-order valence-corrected chi connectivity index (χ2v) is 21.6. The van der Waals surface area contributed by atoms with Crippen LogP contribution >= 0.6 is 40.1 Å². The zero-order valence-electron chi connectivity index (χ0n) is 49.6. The quantitative estimate of drug-likeness (QED) is 0.0410. The molecule has 0 aliphatic carbocycles. The summed E-state index contributed by atoms with van der Waals surface area (Å²) in [6, 6.07) is 93.4. The molecule has 16 heteroatoms. The monoisotopic (exact) mass is 1450 g/mol. The van der Waals surface area contributed by atoms with Gasteiger partial charge in [-0.05, 0) is 151 Å². The standard InChI is InChI=1S/C36H23BrFN.C24H17N.C12H7BrF2.CH3F.3CH4.3K.HO4P/c37-35-31(38)21-29(24-12-4-1-5-13-24)23-33(35)39-32-22-28-19-11-10-18-27(28)20-30(32)34(25-14-6-2-7-15-25)36(39)26-16-8-3-9-17-26;1-3-9-17(10-4-1)23-21-15-19-13-7-8-14-20(19)16-22(21)25-24(23)18-11-5-2-6-12-18;13-12-10(14)6-9(7-11(12)15)8-4-2-1-3-5-8;1-2;;;;;;;1-4-5(2)3/h1-23H;1-16,25H;1-7H;1H3;3*1H4;;;;1H/q;;;;;;;;;+1;/p-1/i;;;1D;;;;;;;. The topological polar surface area (TPSA) is 93.1 Å². The van der Waals surface area contributed by atoms with Gasteiger partial charge in [0, 0.05) is 27.4 Å². The van der Waals surface area contributed by atoms with Crippen LogP contribution in [0.15, 0.2) is 288 Å². The third kappa shape index (κ3) is 19.1. The summed E-state index contributed by atoms with van der Waals surface area (Å²) < 4.78 is 71.5. The number of hydrogen-bond acceptors (Lipinski definition) is 4. The van der Waals surface area contributed by atoms with Crippen LogP contribution in [0.4, 0.5) is 17.6 Å². The number of hydrogen-bond donors (Lipinski definition) is 1. The van der Waals surface area contributed by atoms with Crippen molar-refractivity contribution in [2.45, 2.75) is 22.3 Å². The van der Waals surface area contributed by atoms with Crippen molar-refractivity contribution in [3.05, 3.63) is 305 Å². The maximum Gasteiger partial charge on any atom is 0.0544 e. The number of halogens is 6. The van der Waals surface area contributed by atoms with E-state index in [1.807, 2.05) is 72.8 Å². The second kappa shape index (κ2) is 39.1. The molecular formula is C76H62Br2F4K3N2O4P. The van der Waals surface area contributed by atoms with E-state index in [1.54, 1.807) is 6.07 Å². The molecule has 0 amide bonds. The minimum Gasteiger partial charge on any atom is -0.354 e. The number of nitrogens with one attached hydrogen (secondary N) is 1. The first-order chi connectivity index (χ1) is 43.5. The normalized spacial score (nSPS) is 10.4. The molecule has 1 N–H and O–H groups in total. The summed E-state index contributed by atoms with van der Waals surface area (Å²) in [6.45, 7) is 0. The third-order valence-corrected chi connectivity index (χ3v) is 15.9. The van der Waals surface area contributed by atoms with E-state index in [0.29, 0.717) is 10.0 Å². The van der Waals surface area contributed by atoms with Gasteiger partial charge in [0.25, 0.3) is 0 Å². The maximum atomic E-state index is 15.7. The molecule has 0 radical (unpaired) electrons. The summed E-state index contributed by atoms with van der Waals surface area (Å²) in [5, 5.41) is 15.8. The fourth-order valence-corrected chi connectivity index (χ4v) is 11.1. The predicted octanol–water partition coefficient (Wildman–Crippen LogP) is 18.8. The van der Waals surface area contributed by atoms with Crippen molar-refractivity contribution in [3.63, 3.8) is 0 Å². The Hall–Kier alpha value is -4.19. The molecule has 14 rings (SSSR count). The van der Waals surface area contributed by atoms with Crippen molar-refractivity contribution in [2.24, 2.45) is 0 Å². The number of rotatable bonds is 8. The first-order valence-corrected chi connectivity index (χ1v) is 46.5. The Kier molecular flexibility index (Phi) is 32.7. The minimum absolute atomic E-state index is 0. The molecule has 0 aliphatic heterocycles. The third-order valence-electron chi connectivity index (χ3n) is 14.2. The first-order valence-electron chi connectivity index (χ1n) is 28.5. The smallest absolute Gasteiger partial charge is 0.0544 e. The molecule has 92 heavy (non-hydrogen) atoms. The second-order valence-electron chi connectivity index (χ2n) is 19.4. The Balaban J connectivity index is 0.000000250. The molecular weight excluding hydrogens is 1390 g/mol. The summed E-state index contributed by atoms with van der Waals surface area (Å²) >= 11 is 8.97. The van der Waals surface area contributed by atoms with E-state index in [2.05, 4.69) is 234 Å². The molecule has 0 bridgehead atoms. The van der Waals surface area contributed by atoms with E-state index in [-0.39, 0.29) is 84.0 Å². The van der Waals surface area contributed by atoms with E-state index in [4.69, 9.17) is 16.1 Å². The fraction of sp³-hybridized carbons (Fsp3) is 0.0526. The van der Waals surface area contributed by atoms with E-state index in [1.165, 1.54) is 125 Å². The van der Waals surface area contributed by atoms with Gasteiger partial charge in [0.1, 0.15) is 17.5 Å². The molecule has 0 saturated heterocycles. The largest absolute Gasteiger partial charge is 0.354 e. The molecule has 1 atom stereocenters. The van der Waals surface area contributed by atoms with Gasteiger partial charge >= 0.3 is 123 Å². The van der Waals surface area contributed by atoms with Gasteiger partial charge in [-0.15, -0.1) is 0 Å². The van der Waals surface area contributed by atoms with E-state index < -0.39 is 27.0 Å². The molecule has 12 aromatic carbocycles. The molecule has 450 valence electrons. The van der Waals surface area contributed by atoms with Crippen LogP contribution in [0.2, 0.25) is 0 Å². The number of nitrogens with zero attached hydrogens (tertiary/aromatic N) is 1. The van der Waals surface area contributed by atoms with Crippen LogP contribution in [-0.4, -0.2) is 79.9 Å². The van der Waals surface area contributed by atoms with Crippen LogP contribution in [0.25, 0.3) is 116 Å². The minimum atomic E-state index is -3.15. The van der Waals surface area contributed by atoms with E-state index in [9.17, 15) is 13.2 Å². The molecule has 14 aromatic rings. The van der Waals surface area contributed by atoms with Crippen LogP contribution in [0.3, 0.4) is 0 Å². The Bertz CT molecular complexity index is 4640. The van der Waals surface area contributed by atoms with Crippen molar-refractivity contribution in [2.75, 3.05) is 7.15 Å². The SMILES string of the molecule is C.C.C.Fc1cc(-c2ccccc2)cc(-n2c(-c3ccccc3)c(-c3ccccc3)c3cc4ccccc4cc32)c1Br.Fc1cc(-c2ccccc2)cc(F)c1Br.O=[P+]([O-])O[O-].[2H]CF.[K+].[K][K].c1ccc(-c2[nH]c3cc4ccccc4cc3c2-c2ccccc2)cc1. The van der Waals surface area contributed by atoms with Gasteiger partial charge in [0.2, 0.25) is 0 Å². The number of alkyl halides is 1. The van der Waals surface area contributed by atoms with E-state index >= 15 is 4.39 Å². The average molecular weight is 1450 g/mol. The Labute approximate surface area is 642 Å². The summed E-state index contributed by atoms with van der Waals surface area (Å²) in [4.78, 5) is 12.5. The van der Waals surface area contributed by atoms with Gasteiger partial charge in [-0.25, -0.2) is 17.8 Å². The molecule has 0 fully saturated rings. The Morgan fingerprint density at radius 1 is 0.457 bits per heavy atom. The van der Waals surface area contributed by atoms with Gasteiger partial charge < -0.3 is 19.7 Å². The van der Waals surface area contributed by atoms with Crippen LogP contribution in [-0.2, 0) is 9.24 Å². The molecule has 0 aliphatic rings. The number of benzene rings is 12. The summed E-state index contributed by atoms with van der Waals surface area (Å²) in [6.07, 6.45) is 0. The zero-order chi connectivity index (χ0) is 62.8. The van der Waals surface area contributed by atoms with Crippen LogP contribution in [0.5, 0.6) is 0 Å². The molecule has 6 nitrogen and oxygen atoms in total. The first kappa shape index (κ1) is 76.8. The van der Waals surface area contributed by atoms with Gasteiger partial charge in [-0.1, -0.05) is 253 Å². The summed E-state index contributed by atoms with van der Waals surface area (Å²) in [5.74, 6) is -1.48. The van der Waals surface area contributed by atoms with Gasteiger partial charge in [0.05, 0.1) is 40.1 Å². The fourth-order valence-electron chi connectivity index (χ4n) is 10.5.